The standard InChI is InChI=1S/Ba.Ca.2ClH.4H/h;;2*1H;;;;. The summed E-state index contributed by atoms with van der Waals surface area (Å²) < 4.78 is 0. The number of hydrogen-bond donors (Lipinski definition) is 0. The minimum atomic E-state index is 0. The second kappa shape index (κ2) is 16.1. The van der Waals surface area contributed by atoms with Crippen LogP contribution in [0.4, 0.5) is 0 Å². The summed E-state index contributed by atoms with van der Waals surface area (Å²) in [5, 5.41) is 0. The van der Waals surface area contributed by atoms with Crippen LogP contribution in [0.2, 0.25) is 0 Å². The molecule has 0 unspecified atom stereocenters. The van der Waals surface area contributed by atoms with E-state index in [0.29, 0.717) is 0 Å². The first kappa shape index (κ1) is 26.2. The predicted octanol–water partition coefficient (Wildman–Crippen LogP) is -0.989. The van der Waals surface area contributed by atoms with Gasteiger partial charge in [0, 0.05) is 0 Å². The Morgan fingerprint density at radius 1 is 0.750 bits per heavy atom. The molecular formula is H6BaCaCl2. The number of halogens is 2. The van der Waals surface area contributed by atoms with Crippen molar-refractivity contribution in [1.82, 2.24) is 0 Å². The van der Waals surface area contributed by atoms with E-state index in [9.17, 15) is 0 Å². The zero-order valence-corrected chi connectivity index (χ0v) is 2.45. The van der Waals surface area contributed by atoms with E-state index in [-0.39, 0.29) is 111 Å². The molecule has 0 radical (unpaired) electrons. The van der Waals surface area contributed by atoms with Crippen LogP contribution >= 0.6 is 24.8 Å². The van der Waals surface area contributed by atoms with E-state index >= 15 is 0 Å². The normalized spacial score (nSPS) is 0. The third kappa shape index (κ3) is 9.05. The van der Waals surface area contributed by atoms with E-state index in [1.165, 1.54) is 0 Å². The Morgan fingerprint density at radius 3 is 0.750 bits per heavy atom. The predicted molar refractivity (Wildman–Crippen MR) is 31.6 cm³/mol. The molecule has 0 aliphatic carbocycles. The summed E-state index contributed by atoms with van der Waals surface area (Å²) >= 11 is 0. The van der Waals surface area contributed by atoms with Crippen molar-refractivity contribution in [3.63, 3.8) is 0 Å². The van der Waals surface area contributed by atoms with Gasteiger partial charge in [-0.2, -0.15) is 0 Å². The summed E-state index contributed by atoms with van der Waals surface area (Å²) in [6, 6.07) is 0. The summed E-state index contributed by atoms with van der Waals surface area (Å²) in [5.74, 6) is 0. The Bertz CT molecular complexity index is 6.00. The molecule has 0 spiro atoms. The molecule has 0 N–H and O–H groups in total. The van der Waals surface area contributed by atoms with Crippen molar-refractivity contribution in [1.29, 1.82) is 0 Å². The molecule has 0 aromatic carbocycles. The van der Waals surface area contributed by atoms with Gasteiger partial charge >= 0.3 is 86.6 Å². The third-order valence-electron chi connectivity index (χ3n) is 0. The topological polar surface area (TPSA) is 0 Å². The van der Waals surface area contributed by atoms with Crippen LogP contribution in [0, 0.1) is 0 Å². The molecule has 24 valence electrons. The van der Waals surface area contributed by atoms with Gasteiger partial charge in [-0.05, 0) is 0 Å². The van der Waals surface area contributed by atoms with Crippen molar-refractivity contribution in [2.24, 2.45) is 0 Å². The monoisotopic (exact) mass is 254 g/mol. The molecule has 0 saturated carbocycles. The maximum absolute atomic E-state index is 0. The molecule has 4 heavy (non-hydrogen) atoms. The Kier molecular flexibility index (Phi) is 106. The van der Waals surface area contributed by atoms with E-state index < -0.39 is 0 Å². The van der Waals surface area contributed by atoms with E-state index in [4.69, 9.17) is 0 Å². The molecule has 0 aromatic heterocycles. The molecule has 0 fully saturated rings. The average Bonchev–Trinajstić information content (AvgIpc) is 0. The molecule has 0 amide bonds. The summed E-state index contributed by atoms with van der Waals surface area (Å²) in [4.78, 5) is 0. The van der Waals surface area contributed by atoms with Crippen LogP contribution in [-0.2, 0) is 0 Å². The fraction of sp³-hybridized carbons (Fsp3) is 0. The van der Waals surface area contributed by atoms with E-state index in [1.54, 1.807) is 0 Å². The van der Waals surface area contributed by atoms with E-state index in [1.807, 2.05) is 0 Å². The van der Waals surface area contributed by atoms with Crippen LogP contribution < -0.4 is 0 Å². The first-order chi connectivity index (χ1) is 0. The Hall–Kier alpha value is 3.41. The van der Waals surface area contributed by atoms with Gasteiger partial charge in [0.15, 0.2) is 0 Å². The molecule has 0 aliphatic heterocycles. The van der Waals surface area contributed by atoms with Crippen LogP contribution in [0.25, 0.3) is 0 Å². The van der Waals surface area contributed by atoms with Crippen molar-refractivity contribution in [3.05, 3.63) is 0 Å². The van der Waals surface area contributed by atoms with Gasteiger partial charge in [0.25, 0.3) is 0 Å². The molecule has 0 bridgehead atoms. The molecule has 0 saturated heterocycles. The quantitative estimate of drug-likeness (QED) is 0.487. The Labute approximate surface area is 108 Å². The summed E-state index contributed by atoms with van der Waals surface area (Å²) in [5.41, 5.74) is 0. The number of hydrogen-bond acceptors (Lipinski definition) is 0. The van der Waals surface area contributed by atoms with Crippen molar-refractivity contribution in [2.45, 2.75) is 0 Å². The van der Waals surface area contributed by atoms with Crippen molar-refractivity contribution < 1.29 is 0 Å². The summed E-state index contributed by atoms with van der Waals surface area (Å²) in [6.45, 7) is 0. The van der Waals surface area contributed by atoms with E-state index in [0.717, 1.165) is 0 Å². The van der Waals surface area contributed by atoms with Crippen LogP contribution in [-0.4, -0.2) is 86.6 Å². The third-order valence-corrected chi connectivity index (χ3v) is 0. The fourth-order valence-electron chi connectivity index (χ4n) is 0. The summed E-state index contributed by atoms with van der Waals surface area (Å²) in [7, 11) is 0. The maximum atomic E-state index is 0. The molecule has 0 nitrogen and oxygen atoms in total. The zero-order chi connectivity index (χ0) is 0. The SMILES string of the molecule is Cl.Cl.[BaH2].[CaH2]. The minimum absolute atomic E-state index is 0. The van der Waals surface area contributed by atoms with Crippen LogP contribution in [0.3, 0.4) is 0 Å². The summed E-state index contributed by atoms with van der Waals surface area (Å²) in [6.07, 6.45) is 0. The van der Waals surface area contributed by atoms with Gasteiger partial charge in [0.05, 0.1) is 0 Å². The molecule has 0 heterocycles. The van der Waals surface area contributed by atoms with Crippen LogP contribution in [0.5, 0.6) is 0 Å². The van der Waals surface area contributed by atoms with Crippen LogP contribution in [0.15, 0.2) is 0 Å². The Morgan fingerprint density at radius 2 is 0.750 bits per heavy atom. The van der Waals surface area contributed by atoms with Gasteiger partial charge in [-0.15, -0.1) is 24.8 Å². The second-order valence-electron chi connectivity index (χ2n) is 0. The van der Waals surface area contributed by atoms with Gasteiger partial charge in [-0.1, -0.05) is 0 Å². The van der Waals surface area contributed by atoms with Gasteiger partial charge in [0.1, 0.15) is 0 Å². The molecule has 4 heteroatoms. The molecular weight excluding hydrogens is 248 g/mol. The molecule has 0 aliphatic rings. The van der Waals surface area contributed by atoms with Crippen LogP contribution in [0.1, 0.15) is 0 Å². The molecule has 0 aromatic rings. The molecule has 0 atom stereocenters. The first-order valence-electron chi connectivity index (χ1n) is 0. The van der Waals surface area contributed by atoms with Gasteiger partial charge < -0.3 is 0 Å². The van der Waals surface area contributed by atoms with Crippen molar-refractivity contribution >= 4 is 111 Å². The van der Waals surface area contributed by atoms with Gasteiger partial charge in [0.2, 0.25) is 0 Å². The Balaban J connectivity index is 0. The van der Waals surface area contributed by atoms with Gasteiger partial charge in [-0.25, -0.2) is 0 Å². The first-order valence-corrected chi connectivity index (χ1v) is 0. The van der Waals surface area contributed by atoms with E-state index in [2.05, 4.69) is 0 Å². The number of rotatable bonds is 0. The van der Waals surface area contributed by atoms with Crippen molar-refractivity contribution in [3.8, 4) is 0 Å². The fourth-order valence-corrected chi connectivity index (χ4v) is 0. The molecule has 0 rings (SSSR count). The zero-order valence-electron chi connectivity index (χ0n) is 0.816. The van der Waals surface area contributed by atoms with Gasteiger partial charge in [-0.3, -0.25) is 0 Å². The second-order valence-corrected chi connectivity index (χ2v) is 0. The average molecular weight is 254 g/mol. The van der Waals surface area contributed by atoms with Crippen molar-refractivity contribution in [2.75, 3.05) is 0 Å².